The number of benzene rings is 2. The van der Waals surface area contributed by atoms with Gasteiger partial charge in [0.25, 0.3) is 0 Å². The summed E-state index contributed by atoms with van der Waals surface area (Å²) in [5.74, 6) is -0.126. The van der Waals surface area contributed by atoms with Crippen LogP contribution in [0.25, 0.3) is 0 Å². The molecule has 2 aliphatic heterocycles. The van der Waals surface area contributed by atoms with E-state index in [2.05, 4.69) is 5.32 Å². The number of hydrogen-bond acceptors (Lipinski definition) is 2. The van der Waals surface area contributed by atoms with Gasteiger partial charge in [0.15, 0.2) is 0 Å². The summed E-state index contributed by atoms with van der Waals surface area (Å²) >= 11 is 0. The van der Waals surface area contributed by atoms with E-state index in [9.17, 15) is 9.59 Å². The van der Waals surface area contributed by atoms with E-state index in [0.717, 1.165) is 16.8 Å². The largest absolute Gasteiger partial charge is 0.324 e. The van der Waals surface area contributed by atoms with E-state index in [-0.39, 0.29) is 18.4 Å². The van der Waals surface area contributed by atoms with Gasteiger partial charge >= 0.3 is 0 Å². The van der Waals surface area contributed by atoms with Gasteiger partial charge in [0.2, 0.25) is 11.8 Å². The molecule has 0 aromatic heterocycles. The van der Waals surface area contributed by atoms with Crippen LogP contribution in [0.4, 0.5) is 5.69 Å². The lowest BCUT2D eigenvalue weighted by Gasteiger charge is -2.51. The quantitative estimate of drug-likeness (QED) is 0.812. The molecule has 2 aromatic rings. The SMILES string of the molecule is O=C1CN2C(=O)CC2(c2ccccc2)c2ccccc2N1. The summed E-state index contributed by atoms with van der Waals surface area (Å²) in [4.78, 5) is 25.8. The molecule has 1 N–H and O–H groups in total. The van der Waals surface area contributed by atoms with Crippen molar-refractivity contribution < 1.29 is 9.59 Å². The highest BCUT2D eigenvalue weighted by atomic mass is 16.2. The van der Waals surface area contributed by atoms with Crippen LogP contribution in [0.2, 0.25) is 0 Å². The zero-order chi connectivity index (χ0) is 14.4. The van der Waals surface area contributed by atoms with Gasteiger partial charge in [-0.3, -0.25) is 9.59 Å². The van der Waals surface area contributed by atoms with E-state index < -0.39 is 5.54 Å². The smallest absolute Gasteiger partial charge is 0.244 e. The van der Waals surface area contributed by atoms with Crippen molar-refractivity contribution in [2.45, 2.75) is 12.0 Å². The minimum atomic E-state index is -0.520. The fourth-order valence-corrected chi connectivity index (χ4v) is 3.41. The van der Waals surface area contributed by atoms with E-state index >= 15 is 0 Å². The van der Waals surface area contributed by atoms with Crippen molar-refractivity contribution in [3.63, 3.8) is 0 Å². The van der Waals surface area contributed by atoms with E-state index in [0.29, 0.717) is 6.42 Å². The number of amides is 2. The van der Waals surface area contributed by atoms with Gasteiger partial charge < -0.3 is 10.2 Å². The van der Waals surface area contributed by atoms with Gasteiger partial charge in [-0.2, -0.15) is 0 Å². The van der Waals surface area contributed by atoms with Gasteiger partial charge in [0, 0.05) is 11.3 Å². The Kier molecular flexibility index (Phi) is 2.42. The van der Waals surface area contributed by atoms with E-state index in [1.54, 1.807) is 4.90 Å². The lowest BCUT2D eigenvalue weighted by molar-refractivity contribution is -0.155. The number of hydrogen-bond donors (Lipinski definition) is 1. The van der Waals surface area contributed by atoms with Crippen LogP contribution in [0, 0.1) is 0 Å². The lowest BCUT2D eigenvalue weighted by atomic mass is 9.72. The Morgan fingerprint density at radius 1 is 0.952 bits per heavy atom. The maximum Gasteiger partial charge on any atom is 0.244 e. The second-order valence-corrected chi connectivity index (χ2v) is 5.48. The third-order valence-electron chi connectivity index (χ3n) is 4.37. The molecule has 21 heavy (non-hydrogen) atoms. The van der Waals surface area contributed by atoms with Gasteiger partial charge in [0.1, 0.15) is 12.1 Å². The Balaban J connectivity index is 1.99. The topological polar surface area (TPSA) is 49.4 Å². The van der Waals surface area contributed by atoms with Crippen LogP contribution in [0.3, 0.4) is 0 Å². The number of carbonyl (C=O) groups is 2. The van der Waals surface area contributed by atoms with Crippen molar-refractivity contribution in [1.29, 1.82) is 0 Å². The summed E-state index contributed by atoms with van der Waals surface area (Å²) in [5.41, 5.74) is 2.31. The monoisotopic (exact) mass is 278 g/mol. The van der Waals surface area contributed by atoms with Crippen LogP contribution in [0.5, 0.6) is 0 Å². The molecule has 0 radical (unpaired) electrons. The van der Waals surface area contributed by atoms with Crippen molar-refractivity contribution >= 4 is 17.5 Å². The third-order valence-corrected chi connectivity index (χ3v) is 4.37. The minimum absolute atomic E-state index is 0.0192. The minimum Gasteiger partial charge on any atom is -0.324 e. The highest BCUT2D eigenvalue weighted by Gasteiger charge is 2.55. The number of nitrogens with zero attached hydrogens (tertiary/aromatic N) is 1. The van der Waals surface area contributed by atoms with E-state index in [4.69, 9.17) is 0 Å². The summed E-state index contributed by atoms with van der Waals surface area (Å²) in [6, 6.07) is 17.7. The molecule has 0 saturated carbocycles. The first-order valence-electron chi connectivity index (χ1n) is 6.97. The molecule has 104 valence electrons. The lowest BCUT2D eigenvalue weighted by Crippen LogP contribution is -2.62. The first-order chi connectivity index (χ1) is 10.2. The Morgan fingerprint density at radius 2 is 1.67 bits per heavy atom. The van der Waals surface area contributed by atoms with Crippen molar-refractivity contribution in [1.82, 2.24) is 4.90 Å². The Bertz CT molecular complexity index is 741. The number of carbonyl (C=O) groups excluding carboxylic acids is 2. The van der Waals surface area contributed by atoms with Crippen LogP contribution >= 0.6 is 0 Å². The molecule has 0 spiro atoms. The second-order valence-electron chi connectivity index (χ2n) is 5.48. The number of anilines is 1. The molecule has 1 unspecified atom stereocenters. The molecule has 4 heteroatoms. The summed E-state index contributed by atoms with van der Waals surface area (Å²) in [5, 5.41) is 2.91. The fourth-order valence-electron chi connectivity index (χ4n) is 3.41. The van der Waals surface area contributed by atoms with Crippen LogP contribution in [0.15, 0.2) is 54.6 Å². The van der Waals surface area contributed by atoms with Crippen molar-refractivity contribution in [3.8, 4) is 0 Å². The standard InChI is InChI=1S/C17H14N2O2/c20-15-11-19-16(21)10-17(19,12-6-2-1-3-7-12)13-8-4-5-9-14(13)18-15/h1-9H,10-11H2,(H,18,20). The predicted octanol–water partition coefficient (Wildman–Crippen LogP) is 2.11. The summed E-state index contributed by atoms with van der Waals surface area (Å²) in [7, 11) is 0. The van der Waals surface area contributed by atoms with Crippen molar-refractivity contribution in [3.05, 3.63) is 65.7 Å². The molecular formula is C17H14N2O2. The molecule has 2 heterocycles. The van der Waals surface area contributed by atoms with Gasteiger partial charge in [-0.15, -0.1) is 0 Å². The van der Waals surface area contributed by atoms with Gasteiger partial charge in [-0.05, 0) is 11.6 Å². The van der Waals surface area contributed by atoms with Gasteiger partial charge in [0.05, 0.1) is 6.42 Å². The highest BCUT2D eigenvalue weighted by molar-refractivity contribution is 6.01. The summed E-state index contributed by atoms with van der Waals surface area (Å²) in [6.45, 7) is 0.0996. The first-order valence-corrected chi connectivity index (χ1v) is 6.97. The Labute approximate surface area is 122 Å². The molecule has 2 aromatic carbocycles. The Hall–Kier alpha value is -2.62. The number of nitrogens with one attached hydrogen (secondary N) is 1. The van der Waals surface area contributed by atoms with Crippen LogP contribution < -0.4 is 5.32 Å². The van der Waals surface area contributed by atoms with Crippen LogP contribution in [-0.2, 0) is 15.1 Å². The summed E-state index contributed by atoms with van der Waals surface area (Å²) in [6.07, 6.45) is 0.406. The van der Waals surface area contributed by atoms with Crippen LogP contribution in [0.1, 0.15) is 17.5 Å². The zero-order valence-corrected chi connectivity index (χ0v) is 11.4. The fraction of sp³-hybridized carbons (Fsp3) is 0.176. The molecule has 1 fully saturated rings. The molecular weight excluding hydrogens is 264 g/mol. The highest BCUT2D eigenvalue weighted by Crippen LogP contribution is 2.50. The molecule has 2 amide bonds. The molecule has 1 saturated heterocycles. The third kappa shape index (κ3) is 1.56. The molecule has 0 bridgehead atoms. The van der Waals surface area contributed by atoms with Gasteiger partial charge in [-0.25, -0.2) is 0 Å². The summed E-state index contributed by atoms with van der Waals surface area (Å²) < 4.78 is 0. The number of β-lactam (4-membered cyclic amide) rings is 1. The molecule has 4 nitrogen and oxygen atoms in total. The predicted molar refractivity (Wildman–Crippen MR) is 78.6 cm³/mol. The molecule has 4 rings (SSSR count). The average molecular weight is 278 g/mol. The maximum absolute atomic E-state index is 12.1. The molecule has 0 aliphatic carbocycles. The van der Waals surface area contributed by atoms with Crippen molar-refractivity contribution in [2.24, 2.45) is 0 Å². The zero-order valence-electron chi connectivity index (χ0n) is 11.4. The van der Waals surface area contributed by atoms with E-state index in [1.807, 2.05) is 54.6 Å². The maximum atomic E-state index is 12.1. The number of rotatable bonds is 1. The van der Waals surface area contributed by atoms with Crippen molar-refractivity contribution in [2.75, 3.05) is 11.9 Å². The normalized spacial score (nSPS) is 23.5. The first kappa shape index (κ1) is 12.1. The second kappa shape index (κ2) is 4.19. The molecule has 1 atom stereocenters. The number of fused-ring (bicyclic) bond motifs is 3. The molecule has 2 aliphatic rings. The van der Waals surface area contributed by atoms with Gasteiger partial charge in [-0.1, -0.05) is 48.5 Å². The number of para-hydroxylation sites is 1. The average Bonchev–Trinajstić information content (AvgIpc) is 2.61. The van der Waals surface area contributed by atoms with E-state index in [1.165, 1.54) is 0 Å². The Morgan fingerprint density at radius 3 is 2.43 bits per heavy atom. The van der Waals surface area contributed by atoms with Crippen LogP contribution in [-0.4, -0.2) is 23.3 Å².